The van der Waals surface area contributed by atoms with Crippen LogP contribution in [0.15, 0.2) is 48.9 Å². The van der Waals surface area contributed by atoms with Gasteiger partial charge in [-0.05, 0) is 66.1 Å². The molecule has 4 heterocycles. The molecular weight excluding hydrogens is 518 g/mol. The van der Waals surface area contributed by atoms with Crippen LogP contribution in [0.4, 0.5) is 20.4 Å². The maximum Gasteiger partial charge on any atom is 0.229 e. The van der Waals surface area contributed by atoms with Crippen LogP contribution in [0.2, 0.25) is 0 Å². The van der Waals surface area contributed by atoms with Crippen LogP contribution in [0.1, 0.15) is 49.7 Å². The molecule has 0 unspecified atom stereocenters. The van der Waals surface area contributed by atoms with Gasteiger partial charge in [-0.15, -0.1) is 0 Å². The van der Waals surface area contributed by atoms with Crippen LogP contribution in [-0.2, 0) is 10.3 Å². The molecule has 1 aliphatic heterocycles. The van der Waals surface area contributed by atoms with Crippen molar-refractivity contribution in [2.45, 2.75) is 56.3 Å². The minimum atomic E-state index is -1.34. The predicted octanol–water partition coefficient (Wildman–Crippen LogP) is 4.01. The maximum atomic E-state index is 15.3. The van der Waals surface area contributed by atoms with Crippen molar-refractivity contribution < 1.29 is 23.7 Å². The van der Waals surface area contributed by atoms with Crippen LogP contribution < -0.4 is 11.1 Å². The van der Waals surface area contributed by atoms with Crippen LogP contribution in [0, 0.1) is 17.6 Å². The van der Waals surface area contributed by atoms with E-state index in [0.29, 0.717) is 31.1 Å². The lowest BCUT2D eigenvalue weighted by molar-refractivity contribution is -0.0682. The minimum Gasteiger partial charge on any atom is -0.391 e. The summed E-state index contributed by atoms with van der Waals surface area (Å²) < 4.78 is 37.5. The SMILES string of the molecule is C[C@H]1C[C@@H](c2ccncc2Nc2ncc3ccc(-c4c(F)cc(C5(O)CCOCC5)cc4F)nn23)C[C@@H](N)[C@@H]1O. The van der Waals surface area contributed by atoms with Crippen molar-refractivity contribution in [1.82, 2.24) is 19.6 Å². The zero-order valence-electron chi connectivity index (χ0n) is 22.1. The molecule has 2 aliphatic rings. The van der Waals surface area contributed by atoms with Gasteiger partial charge in [-0.25, -0.2) is 13.8 Å². The molecule has 210 valence electrons. The molecule has 5 N–H and O–H groups in total. The van der Waals surface area contributed by atoms with E-state index in [9.17, 15) is 10.2 Å². The summed E-state index contributed by atoms with van der Waals surface area (Å²) in [7, 11) is 0. The molecule has 1 aromatic carbocycles. The molecule has 4 atom stereocenters. The molecule has 4 aromatic rings. The molecule has 1 aliphatic carbocycles. The number of fused-ring (bicyclic) bond motifs is 1. The molecule has 0 spiro atoms. The molecule has 1 saturated carbocycles. The largest absolute Gasteiger partial charge is 0.391 e. The first-order chi connectivity index (χ1) is 19.2. The first-order valence-corrected chi connectivity index (χ1v) is 13.5. The van der Waals surface area contributed by atoms with E-state index in [4.69, 9.17) is 10.5 Å². The molecule has 2 fully saturated rings. The molecule has 9 nitrogen and oxygen atoms in total. The summed E-state index contributed by atoms with van der Waals surface area (Å²) in [5.74, 6) is -1.10. The van der Waals surface area contributed by atoms with Gasteiger partial charge in [0.1, 0.15) is 11.6 Å². The monoisotopic (exact) mass is 550 g/mol. The van der Waals surface area contributed by atoms with Crippen molar-refractivity contribution in [2.75, 3.05) is 18.5 Å². The number of pyridine rings is 1. The smallest absolute Gasteiger partial charge is 0.229 e. The van der Waals surface area contributed by atoms with E-state index in [2.05, 4.69) is 20.4 Å². The summed E-state index contributed by atoms with van der Waals surface area (Å²) in [6.07, 6.45) is 6.42. The number of hydrogen-bond donors (Lipinski definition) is 4. The van der Waals surface area contributed by atoms with Gasteiger partial charge in [-0.3, -0.25) is 4.98 Å². The van der Waals surface area contributed by atoms with E-state index >= 15 is 8.78 Å². The third-order valence-electron chi connectivity index (χ3n) is 8.32. The molecule has 3 aromatic heterocycles. The van der Waals surface area contributed by atoms with Gasteiger partial charge in [-0.2, -0.15) is 9.61 Å². The van der Waals surface area contributed by atoms with Gasteiger partial charge in [0.05, 0.1) is 46.6 Å². The number of nitrogens with zero attached hydrogens (tertiary/aromatic N) is 4. The number of aliphatic hydroxyl groups excluding tert-OH is 1. The predicted molar refractivity (Wildman–Crippen MR) is 145 cm³/mol. The zero-order valence-corrected chi connectivity index (χ0v) is 22.1. The Hall–Kier alpha value is -3.51. The number of anilines is 2. The van der Waals surface area contributed by atoms with Crippen LogP contribution in [0.5, 0.6) is 0 Å². The lowest BCUT2D eigenvalue weighted by Crippen LogP contribution is -2.44. The van der Waals surface area contributed by atoms with Crippen molar-refractivity contribution in [3.8, 4) is 11.3 Å². The minimum absolute atomic E-state index is 0.0505. The van der Waals surface area contributed by atoms with Gasteiger partial charge >= 0.3 is 0 Å². The highest BCUT2D eigenvalue weighted by Crippen LogP contribution is 2.39. The van der Waals surface area contributed by atoms with Crippen molar-refractivity contribution in [3.05, 3.63) is 71.7 Å². The number of imidazole rings is 1. The molecule has 40 heavy (non-hydrogen) atoms. The summed E-state index contributed by atoms with van der Waals surface area (Å²) in [5.41, 5.74) is 7.21. The van der Waals surface area contributed by atoms with Gasteiger partial charge in [0.2, 0.25) is 5.95 Å². The number of aromatic nitrogens is 4. The highest BCUT2D eigenvalue weighted by Gasteiger charge is 2.35. The average Bonchev–Trinajstić information content (AvgIpc) is 3.33. The van der Waals surface area contributed by atoms with Crippen LogP contribution in [0.3, 0.4) is 0 Å². The Balaban J connectivity index is 1.33. The fraction of sp³-hybridized carbons (Fsp3) is 0.414. The topological polar surface area (TPSA) is 131 Å². The number of nitrogens with two attached hydrogens (primary N) is 1. The second-order valence-corrected chi connectivity index (χ2v) is 11.0. The molecular formula is C29H32F2N6O3. The number of aliphatic hydroxyl groups is 2. The molecule has 0 bridgehead atoms. The van der Waals surface area contributed by atoms with Gasteiger partial charge in [-0.1, -0.05) is 6.92 Å². The van der Waals surface area contributed by atoms with Crippen LogP contribution in [-0.4, -0.2) is 55.2 Å². The zero-order chi connectivity index (χ0) is 28.0. The van der Waals surface area contributed by atoms with E-state index in [0.717, 1.165) is 17.7 Å². The summed E-state index contributed by atoms with van der Waals surface area (Å²) in [4.78, 5) is 8.71. The number of rotatable bonds is 5. The second-order valence-electron chi connectivity index (χ2n) is 11.0. The van der Waals surface area contributed by atoms with Gasteiger partial charge in [0, 0.05) is 38.3 Å². The first kappa shape index (κ1) is 26.7. The summed E-state index contributed by atoms with van der Waals surface area (Å²) in [6, 6.07) is 7.19. The third kappa shape index (κ3) is 4.83. The lowest BCUT2D eigenvalue weighted by Gasteiger charge is -2.36. The standard InChI is InChI=1S/C29H32F2N6O3/c1-16-10-17(11-23(32)27(16)38)20-4-7-33-15-25(20)35-28-34-14-19-2-3-24(36-37(19)28)26-21(30)12-18(13-22(26)31)29(39)5-8-40-9-6-29/h2-4,7,12-17,23,27,38-39H,5-6,8-11,32H2,1H3,(H,34,35)/t16-,17+,23+,27+/m0/s1. The fourth-order valence-electron chi connectivity index (χ4n) is 6.00. The van der Waals surface area contributed by atoms with E-state index in [-0.39, 0.29) is 47.5 Å². The van der Waals surface area contributed by atoms with Crippen molar-refractivity contribution >= 4 is 17.2 Å². The molecule has 0 amide bonds. The highest BCUT2D eigenvalue weighted by atomic mass is 19.1. The van der Waals surface area contributed by atoms with Gasteiger partial charge in [0.15, 0.2) is 0 Å². The van der Waals surface area contributed by atoms with Crippen LogP contribution in [0.25, 0.3) is 16.8 Å². The number of ether oxygens (including phenoxy) is 1. The van der Waals surface area contributed by atoms with Gasteiger partial charge in [0.25, 0.3) is 0 Å². The quantitative estimate of drug-likeness (QED) is 0.293. The number of benzene rings is 1. The van der Waals surface area contributed by atoms with Crippen LogP contribution >= 0.6 is 0 Å². The van der Waals surface area contributed by atoms with Gasteiger partial charge < -0.3 is 26.0 Å². The Bertz CT molecular complexity index is 1500. The normalized spacial score (nSPS) is 24.8. The lowest BCUT2D eigenvalue weighted by atomic mass is 9.74. The summed E-state index contributed by atoms with van der Waals surface area (Å²) in [5, 5.41) is 29.0. The summed E-state index contributed by atoms with van der Waals surface area (Å²) >= 11 is 0. The molecule has 1 saturated heterocycles. The van der Waals surface area contributed by atoms with Crippen molar-refractivity contribution in [2.24, 2.45) is 11.7 Å². The van der Waals surface area contributed by atoms with E-state index in [1.54, 1.807) is 24.7 Å². The maximum absolute atomic E-state index is 15.3. The number of nitrogens with one attached hydrogen (secondary N) is 1. The Kier molecular flexibility index (Phi) is 6.99. The molecule has 6 rings (SSSR count). The van der Waals surface area contributed by atoms with E-state index in [1.165, 1.54) is 22.7 Å². The number of halogens is 2. The van der Waals surface area contributed by atoms with E-state index < -0.39 is 23.3 Å². The Morgan fingerprint density at radius 1 is 1.10 bits per heavy atom. The van der Waals surface area contributed by atoms with E-state index in [1.807, 2.05) is 13.0 Å². The van der Waals surface area contributed by atoms with Crippen molar-refractivity contribution in [1.29, 1.82) is 0 Å². The number of hydrogen-bond acceptors (Lipinski definition) is 8. The highest BCUT2D eigenvalue weighted by molar-refractivity contribution is 5.66. The average molecular weight is 551 g/mol. The van der Waals surface area contributed by atoms with Crippen molar-refractivity contribution in [3.63, 3.8) is 0 Å². The Labute approximate surface area is 230 Å². The fourth-order valence-corrected chi connectivity index (χ4v) is 6.00. The third-order valence-corrected chi connectivity index (χ3v) is 8.32. The Morgan fingerprint density at radius 3 is 2.58 bits per heavy atom. The second kappa shape index (κ2) is 10.5. The summed E-state index contributed by atoms with van der Waals surface area (Å²) in [6.45, 7) is 2.64. The Morgan fingerprint density at radius 2 is 1.85 bits per heavy atom. The molecule has 0 radical (unpaired) electrons. The first-order valence-electron chi connectivity index (χ1n) is 13.5. The molecule has 11 heteroatoms.